The van der Waals surface area contributed by atoms with Crippen molar-refractivity contribution in [1.29, 1.82) is 0 Å². The van der Waals surface area contributed by atoms with Crippen LogP contribution >= 0.6 is 34.5 Å². The summed E-state index contributed by atoms with van der Waals surface area (Å²) in [5, 5.41) is 3.18. The Kier molecular flexibility index (Phi) is 6.71. The number of hydrogen-bond acceptors (Lipinski definition) is 5. The van der Waals surface area contributed by atoms with Crippen molar-refractivity contribution >= 4 is 72.1 Å². The van der Waals surface area contributed by atoms with Crippen LogP contribution in [0.1, 0.15) is 26.8 Å². The van der Waals surface area contributed by atoms with Crippen LogP contribution in [0.25, 0.3) is 10.2 Å². The van der Waals surface area contributed by atoms with Crippen LogP contribution in [0.4, 0.5) is 11.4 Å². The summed E-state index contributed by atoms with van der Waals surface area (Å²) in [6, 6.07) is 8.44. The second-order valence-electron chi connectivity index (χ2n) is 7.34. The van der Waals surface area contributed by atoms with Crippen LogP contribution in [0.2, 0.25) is 10.0 Å². The third-order valence-corrected chi connectivity index (χ3v) is 7.54. The zero-order valence-electron chi connectivity index (χ0n) is 17.2. The molecule has 3 rings (SSSR count). The molecule has 0 bridgehead atoms. The summed E-state index contributed by atoms with van der Waals surface area (Å²) in [4.78, 5) is 25.1. The number of nitrogens with one attached hydrogen (secondary N) is 1. The van der Waals surface area contributed by atoms with Crippen molar-refractivity contribution in [1.82, 2.24) is 4.57 Å². The Morgan fingerprint density at radius 1 is 1.10 bits per heavy atom. The number of rotatable bonds is 6. The normalized spacial score (nSPS) is 12.9. The maximum atomic E-state index is 12.9. The molecule has 0 aliphatic rings. The Labute approximate surface area is 194 Å². The molecule has 1 heterocycles. The van der Waals surface area contributed by atoms with Crippen LogP contribution in [-0.2, 0) is 14.8 Å². The Morgan fingerprint density at radius 3 is 2.35 bits per heavy atom. The van der Waals surface area contributed by atoms with Crippen LogP contribution in [0.3, 0.4) is 0 Å². The molecule has 1 atom stereocenters. The molecule has 1 amide bonds. The van der Waals surface area contributed by atoms with Crippen molar-refractivity contribution in [3.63, 3.8) is 0 Å². The number of nitrogens with zero attached hydrogens (tertiary/aromatic N) is 2. The minimum absolute atomic E-state index is 0.0104. The molecule has 1 aromatic heterocycles. The lowest BCUT2D eigenvalue weighted by Gasteiger charge is -2.28. The van der Waals surface area contributed by atoms with Crippen LogP contribution < -0.4 is 14.5 Å². The summed E-state index contributed by atoms with van der Waals surface area (Å²) < 4.78 is 28.3. The molecule has 0 fully saturated rings. The minimum Gasteiger partial charge on any atom is -0.324 e. The summed E-state index contributed by atoms with van der Waals surface area (Å²) >= 11 is 13.1. The topological polar surface area (TPSA) is 88.5 Å². The number of benzene rings is 2. The van der Waals surface area contributed by atoms with Gasteiger partial charge in [-0.05, 0) is 57.2 Å². The molecule has 0 aliphatic carbocycles. The summed E-state index contributed by atoms with van der Waals surface area (Å²) in [7, 11) is -3.80. The van der Waals surface area contributed by atoms with E-state index < -0.39 is 22.0 Å². The van der Waals surface area contributed by atoms with Gasteiger partial charge in [0.05, 0.1) is 32.2 Å². The molecule has 1 N–H and O–H groups in total. The summed E-state index contributed by atoms with van der Waals surface area (Å²) in [5.74, 6) is -0.536. The second-order valence-corrected chi connectivity index (χ2v) is 11.0. The molecular weight excluding hydrogens is 481 g/mol. The van der Waals surface area contributed by atoms with Gasteiger partial charge in [0.1, 0.15) is 6.04 Å². The highest BCUT2D eigenvalue weighted by Crippen LogP contribution is 2.30. The smallest absolute Gasteiger partial charge is 0.308 e. The SMILES string of the molecule is CC(C)n1c(=O)sc2cc(NC(=O)[C@H](C)N(c3ccc(Cl)c(Cl)c3)S(C)(=O)=O)ccc21. The lowest BCUT2D eigenvalue weighted by atomic mass is 10.2. The summed E-state index contributed by atoms with van der Waals surface area (Å²) in [6.07, 6.45) is 1.01. The molecule has 0 aliphatic heterocycles. The van der Waals surface area contributed by atoms with Gasteiger partial charge in [0, 0.05) is 11.7 Å². The fourth-order valence-corrected chi connectivity index (χ4v) is 5.79. The number of halogens is 2. The lowest BCUT2D eigenvalue weighted by molar-refractivity contribution is -0.116. The van der Waals surface area contributed by atoms with Crippen molar-refractivity contribution in [3.8, 4) is 0 Å². The average Bonchev–Trinajstić information content (AvgIpc) is 2.98. The Balaban J connectivity index is 1.92. The van der Waals surface area contributed by atoms with E-state index in [0.717, 1.165) is 32.1 Å². The second kappa shape index (κ2) is 8.82. The first kappa shape index (κ1) is 23.6. The highest BCUT2D eigenvalue weighted by molar-refractivity contribution is 7.92. The van der Waals surface area contributed by atoms with Gasteiger partial charge in [-0.15, -0.1) is 0 Å². The quantitative estimate of drug-likeness (QED) is 0.527. The zero-order chi connectivity index (χ0) is 23.1. The monoisotopic (exact) mass is 501 g/mol. The fraction of sp³-hybridized carbons (Fsp3) is 0.300. The van der Waals surface area contributed by atoms with Crippen molar-refractivity contribution in [3.05, 3.63) is 56.1 Å². The molecule has 2 aromatic carbocycles. The van der Waals surface area contributed by atoms with Gasteiger partial charge in [-0.2, -0.15) is 0 Å². The molecule has 0 spiro atoms. The molecule has 0 radical (unpaired) electrons. The zero-order valence-corrected chi connectivity index (χ0v) is 20.4. The predicted molar refractivity (Wildman–Crippen MR) is 128 cm³/mol. The van der Waals surface area contributed by atoms with Crippen LogP contribution in [0, 0.1) is 0 Å². The van der Waals surface area contributed by atoms with Crippen LogP contribution in [0.15, 0.2) is 41.2 Å². The number of hydrogen-bond donors (Lipinski definition) is 1. The van der Waals surface area contributed by atoms with Gasteiger partial charge in [0.25, 0.3) is 0 Å². The van der Waals surface area contributed by atoms with Crippen molar-refractivity contribution in [2.75, 3.05) is 15.9 Å². The van der Waals surface area contributed by atoms with E-state index in [1.54, 1.807) is 22.8 Å². The molecule has 31 heavy (non-hydrogen) atoms. The number of carbonyl (C=O) groups excluding carboxylic acids is 1. The van der Waals surface area contributed by atoms with E-state index in [0.29, 0.717) is 5.69 Å². The van der Waals surface area contributed by atoms with E-state index >= 15 is 0 Å². The molecule has 11 heteroatoms. The number of thiazole rings is 1. The van der Waals surface area contributed by atoms with Crippen molar-refractivity contribution in [2.24, 2.45) is 0 Å². The maximum absolute atomic E-state index is 12.9. The molecular formula is C20H21Cl2N3O4S2. The first-order valence-corrected chi connectivity index (χ1v) is 12.7. The van der Waals surface area contributed by atoms with Crippen LogP contribution in [-0.4, -0.2) is 31.2 Å². The van der Waals surface area contributed by atoms with E-state index in [2.05, 4.69) is 5.32 Å². The Morgan fingerprint density at radius 2 is 1.77 bits per heavy atom. The standard InChI is InChI=1S/C20H21Cl2N3O4S2/c1-11(2)24-17-8-5-13(9-18(17)30-20(24)27)23-19(26)12(3)25(31(4,28)29)14-6-7-15(21)16(22)10-14/h5-12H,1-4H3,(H,23,26)/t12-/m0/s1. The number of carbonyl (C=O) groups is 1. The molecule has 166 valence electrons. The van der Waals surface area contributed by atoms with Gasteiger partial charge in [-0.25, -0.2) is 8.42 Å². The molecule has 0 unspecified atom stereocenters. The van der Waals surface area contributed by atoms with Gasteiger partial charge < -0.3 is 5.32 Å². The van der Waals surface area contributed by atoms with Gasteiger partial charge >= 0.3 is 4.87 Å². The molecule has 0 saturated heterocycles. The number of fused-ring (bicyclic) bond motifs is 1. The van der Waals surface area contributed by atoms with Crippen molar-refractivity contribution < 1.29 is 13.2 Å². The Bertz CT molecular complexity index is 1320. The highest BCUT2D eigenvalue weighted by atomic mass is 35.5. The predicted octanol–water partition coefficient (Wildman–Crippen LogP) is 4.74. The van der Waals surface area contributed by atoms with E-state index in [1.165, 1.54) is 25.1 Å². The summed E-state index contributed by atoms with van der Waals surface area (Å²) in [6.45, 7) is 5.33. The third kappa shape index (κ3) is 4.90. The van der Waals surface area contributed by atoms with Crippen LogP contribution in [0.5, 0.6) is 0 Å². The minimum atomic E-state index is -3.80. The largest absolute Gasteiger partial charge is 0.324 e. The van der Waals surface area contributed by atoms with Gasteiger partial charge in [0.2, 0.25) is 15.9 Å². The van der Waals surface area contributed by atoms with E-state index in [9.17, 15) is 18.0 Å². The van der Waals surface area contributed by atoms with Gasteiger partial charge in [0.15, 0.2) is 0 Å². The van der Waals surface area contributed by atoms with E-state index in [1.807, 2.05) is 13.8 Å². The number of sulfonamides is 1. The Hall–Kier alpha value is -2.07. The number of anilines is 2. The molecule has 0 saturated carbocycles. The van der Waals surface area contributed by atoms with E-state index in [-0.39, 0.29) is 26.6 Å². The number of amides is 1. The maximum Gasteiger partial charge on any atom is 0.308 e. The van der Waals surface area contributed by atoms with Gasteiger partial charge in [-0.3, -0.25) is 18.5 Å². The summed E-state index contributed by atoms with van der Waals surface area (Å²) in [5.41, 5.74) is 1.47. The molecule has 3 aromatic rings. The fourth-order valence-electron chi connectivity index (χ4n) is 3.28. The van der Waals surface area contributed by atoms with E-state index in [4.69, 9.17) is 23.2 Å². The highest BCUT2D eigenvalue weighted by Gasteiger charge is 2.29. The van der Waals surface area contributed by atoms with Crippen molar-refractivity contribution in [2.45, 2.75) is 32.9 Å². The first-order chi connectivity index (χ1) is 14.4. The third-order valence-electron chi connectivity index (χ3n) is 4.64. The number of aromatic nitrogens is 1. The van der Waals surface area contributed by atoms with Gasteiger partial charge in [-0.1, -0.05) is 34.5 Å². The average molecular weight is 502 g/mol. The lowest BCUT2D eigenvalue weighted by Crippen LogP contribution is -2.45. The first-order valence-electron chi connectivity index (χ1n) is 9.30. The molecule has 7 nitrogen and oxygen atoms in total.